The zero-order valence-corrected chi connectivity index (χ0v) is 17.4. The fourth-order valence-electron chi connectivity index (χ4n) is 4.59. The van der Waals surface area contributed by atoms with E-state index in [9.17, 15) is 9.59 Å². The zero-order valence-electron chi connectivity index (χ0n) is 17.4. The molecule has 0 radical (unpaired) electrons. The molecule has 0 aromatic carbocycles. The summed E-state index contributed by atoms with van der Waals surface area (Å²) >= 11 is 0. The van der Waals surface area contributed by atoms with Crippen LogP contribution in [0.15, 0.2) is 4.99 Å². The van der Waals surface area contributed by atoms with Crippen LogP contribution in [0.3, 0.4) is 0 Å². The van der Waals surface area contributed by atoms with E-state index in [1.165, 1.54) is 19.3 Å². The van der Waals surface area contributed by atoms with Crippen LogP contribution in [0, 0.1) is 5.92 Å². The summed E-state index contributed by atoms with van der Waals surface area (Å²) in [5, 5.41) is 6.74. The first kappa shape index (κ1) is 20.9. The van der Waals surface area contributed by atoms with Crippen LogP contribution < -0.4 is 10.6 Å². The molecular formula is C21H37N5O2. The largest absolute Gasteiger partial charge is 0.357 e. The van der Waals surface area contributed by atoms with Gasteiger partial charge < -0.3 is 20.4 Å². The van der Waals surface area contributed by atoms with E-state index in [1.807, 2.05) is 16.7 Å². The second kappa shape index (κ2) is 10.7. The Bertz CT molecular complexity index is 553. The molecule has 7 heteroatoms. The molecule has 2 N–H and O–H groups in total. The number of nitrogens with one attached hydrogen (secondary N) is 2. The minimum Gasteiger partial charge on any atom is -0.357 e. The molecule has 7 nitrogen and oxygen atoms in total. The Balaban J connectivity index is 1.44. The minimum atomic E-state index is 0.210. The molecule has 3 fully saturated rings. The lowest BCUT2D eigenvalue weighted by Gasteiger charge is -2.26. The highest BCUT2D eigenvalue weighted by Crippen LogP contribution is 2.26. The number of rotatable bonds is 6. The number of carbonyl (C=O) groups excluding carboxylic acids is 2. The van der Waals surface area contributed by atoms with Crippen molar-refractivity contribution in [2.45, 2.75) is 70.8 Å². The molecule has 1 saturated carbocycles. The van der Waals surface area contributed by atoms with Gasteiger partial charge in [0.15, 0.2) is 5.96 Å². The summed E-state index contributed by atoms with van der Waals surface area (Å²) < 4.78 is 0. The molecule has 2 aliphatic heterocycles. The van der Waals surface area contributed by atoms with Gasteiger partial charge >= 0.3 is 0 Å². The molecule has 3 aliphatic rings. The third-order valence-electron chi connectivity index (χ3n) is 6.19. The highest BCUT2D eigenvalue weighted by Gasteiger charge is 2.31. The maximum atomic E-state index is 12.7. The topological polar surface area (TPSA) is 77.0 Å². The van der Waals surface area contributed by atoms with Gasteiger partial charge in [-0.05, 0) is 39.0 Å². The van der Waals surface area contributed by atoms with Crippen molar-refractivity contribution in [1.29, 1.82) is 0 Å². The Morgan fingerprint density at radius 3 is 2.43 bits per heavy atom. The summed E-state index contributed by atoms with van der Waals surface area (Å²) in [5.74, 6) is 1.56. The van der Waals surface area contributed by atoms with E-state index in [1.54, 1.807) is 0 Å². The molecule has 2 heterocycles. The van der Waals surface area contributed by atoms with E-state index in [0.29, 0.717) is 18.9 Å². The fourth-order valence-corrected chi connectivity index (χ4v) is 4.59. The number of guanidine groups is 1. The van der Waals surface area contributed by atoms with Crippen molar-refractivity contribution in [2.24, 2.45) is 10.9 Å². The van der Waals surface area contributed by atoms with Crippen molar-refractivity contribution in [3.05, 3.63) is 0 Å². The van der Waals surface area contributed by atoms with Crippen LogP contribution in [-0.4, -0.2) is 72.9 Å². The molecule has 2 amide bonds. The number of hydrogen-bond acceptors (Lipinski definition) is 3. The molecule has 158 valence electrons. The van der Waals surface area contributed by atoms with E-state index in [2.05, 4.69) is 15.6 Å². The van der Waals surface area contributed by atoms with E-state index in [0.717, 1.165) is 70.8 Å². The summed E-state index contributed by atoms with van der Waals surface area (Å²) in [6.07, 6.45) is 9.44. The Kier molecular flexibility index (Phi) is 7.98. The number of aliphatic imine (C=N–C) groups is 1. The van der Waals surface area contributed by atoms with Crippen molar-refractivity contribution in [2.75, 3.05) is 39.3 Å². The van der Waals surface area contributed by atoms with Gasteiger partial charge in [-0.15, -0.1) is 0 Å². The molecule has 0 bridgehead atoms. The monoisotopic (exact) mass is 391 g/mol. The first-order valence-electron chi connectivity index (χ1n) is 11.3. The van der Waals surface area contributed by atoms with Crippen molar-refractivity contribution >= 4 is 17.8 Å². The summed E-state index contributed by atoms with van der Waals surface area (Å²) in [5.41, 5.74) is 0. The molecule has 0 spiro atoms. The average molecular weight is 392 g/mol. The van der Waals surface area contributed by atoms with Crippen molar-refractivity contribution < 1.29 is 9.59 Å². The number of carbonyl (C=O) groups is 2. The summed E-state index contributed by atoms with van der Waals surface area (Å²) in [6, 6.07) is 0.236. The molecule has 2 saturated heterocycles. The first-order chi connectivity index (χ1) is 13.7. The van der Waals surface area contributed by atoms with Gasteiger partial charge in [0, 0.05) is 51.1 Å². The van der Waals surface area contributed by atoms with Gasteiger partial charge in [-0.3, -0.25) is 14.6 Å². The SMILES string of the molecule is CCNC(=NCCC(=O)N1CCCC1)NC1CCN(C(=O)C2CCCCC2)C1. The predicted molar refractivity (Wildman–Crippen MR) is 111 cm³/mol. The molecule has 1 unspecified atom stereocenters. The first-order valence-corrected chi connectivity index (χ1v) is 11.3. The lowest BCUT2D eigenvalue weighted by Crippen LogP contribution is -2.45. The van der Waals surface area contributed by atoms with Crippen LogP contribution >= 0.6 is 0 Å². The van der Waals surface area contributed by atoms with Crippen LogP contribution in [0.5, 0.6) is 0 Å². The van der Waals surface area contributed by atoms with Crippen LogP contribution in [0.25, 0.3) is 0 Å². The summed E-state index contributed by atoms with van der Waals surface area (Å²) in [7, 11) is 0. The third-order valence-corrected chi connectivity index (χ3v) is 6.19. The predicted octanol–water partition coefficient (Wildman–Crippen LogP) is 1.74. The van der Waals surface area contributed by atoms with E-state index < -0.39 is 0 Å². The number of nitrogens with zero attached hydrogens (tertiary/aromatic N) is 3. The standard InChI is InChI=1S/C21H37N5O2/c1-2-22-21(23-12-10-19(27)25-13-6-7-14-25)24-18-11-15-26(16-18)20(28)17-8-4-3-5-9-17/h17-18H,2-16H2,1H3,(H2,22,23,24). The van der Waals surface area contributed by atoms with Crippen LogP contribution in [0.1, 0.15) is 64.7 Å². The minimum absolute atomic E-state index is 0.210. The van der Waals surface area contributed by atoms with E-state index in [4.69, 9.17) is 0 Å². The fraction of sp³-hybridized carbons (Fsp3) is 0.857. The molecule has 0 aromatic rings. The second-order valence-corrected chi connectivity index (χ2v) is 8.35. The molecular weight excluding hydrogens is 354 g/mol. The lowest BCUT2D eigenvalue weighted by molar-refractivity contribution is -0.135. The number of amides is 2. The van der Waals surface area contributed by atoms with Crippen LogP contribution in [0.4, 0.5) is 0 Å². The van der Waals surface area contributed by atoms with Gasteiger partial charge in [0.1, 0.15) is 0 Å². The molecule has 28 heavy (non-hydrogen) atoms. The van der Waals surface area contributed by atoms with Gasteiger partial charge in [-0.2, -0.15) is 0 Å². The van der Waals surface area contributed by atoms with Gasteiger partial charge in [0.2, 0.25) is 11.8 Å². The Labute approximate surface area is 169 Å². The van der Waals surface area contributed by atoms with Crippen LogP contribution in [0.2, 0.25) is 0 Å². The summed E-state index contributed by atoms with van der Waals surface area (Å²) in [4.78, 5) is 33.5. The van der Waals surface area contributed by atoms with Gasteiger partial charge in [-0.1, -0.05) is 19.3 Å². The molecule has 0 aromatic heterocycles. The normalized spacial score (nSPS) is 23.9. The number of likely N-dealkylation sites (tertiary alicyclic amines) is 2. The lowest BCUT2D eigenvalue weighted by atomic mass is 9.88. The third kappa shape index (κ3) is 5.85. The Morgan fingerprint density at radius 2 is 1.71 bits per heavy atom. The van der Waals surface area contributed by atoms with Gasteiger partial charge in [0.05, 0.1) is 6.54 Å². The smallest absolute Gasteiger partial charge is 0.225 e. The highest BCUT2D eigenvalue weighted by molar-refractivity contribution is 5.82. The maximum absolute atomic E-state index is 12.7. The summed E-state index contributed by atoms with van der Waals surface area (Å²) in [6.45, 7) is 6.71. The van der Waals surface area contributed by atoms with Crippen molar-refractivity contribution in [1.82, 2.24) is 20.4 Å². The molecule has 1 aliphatic carbocycles. The highest BCUT2D eigenvalue weighted by atomic mass is 16.2. The molecule has 3 rings (SSSR count). The molecule has 1 atom stereocenters. The maximum Gasteiger partial charge on any atom is 0.225 e. The van der Waals surface area contributed by atoms with E-state index >= 15 is 0 Å². The second-order valence-electron chi connectivity index (χ2n) is 8.35. The quantitative estimate of drug-likeness (QED) is 0.534. The van der Waals surface area contributed by atoms with E-state index in [-0.39, 0.29) is 17.9 Å². The van der Waals surface area contributed by atoms with Crippen LogP contribution in [-0.2, 0) is 9.59 Å². The average Bonchev–Trinajstić information content (AvgIpc) is 3.40. The van der Waals surface area contributed by atoms with Gasteiger partial charge in [-0.25, -0.2) is 0 Å². The Morgan fingerprint density at radius 1 is 0.964 bits per heavy atom. The number of hydrogen-bond donors (Lipinski definition) is 2. The zero-order chi connectivity index (χ0) is 19.8. The van der Waals surface area contributed by atoms with Gasteiger partial charge in [0.25, 0.3) is 0 Å². The Hall–Kier alpha value is -1.79. The van der Waals surface area contributed by atoms with Crippen molar-refractivity contribution in [3.63, 3.8) is 0 Å². The van der Waals surface area contributed by atoms with Crippen molar-refractivity contribution in [3.8, 4) is 0 Å².